The van der Waals surface area contributed by atoms with E-state index in [0.717, 1.165) is 4.34 Å². The zero-order chi connectivity index (χ0) is 11.5. The average Bonchev–Trinajstić information content (AvgIpc) is 2.69. The lowest BCUT2D eigenvalue weighted by atomic mass is 10.8. The van der Waals surface area contributed by atoms with Crippen LogP contribution in [-0.4, -0.2) is 38.4 Å². The molecule has 0 spiro atoms. The van der Waals surface area contributed by atoms with Crippen LogP contribution >= 0.6 is 23.3 Å². The molecule has 0 unspecified atom stereocenters. The Balaban J connectivity index is 2.27. The number of hydrogen-bond acceptors (Lipinski definition) is 9. The standard InChI is InChI=1S/C7H9N7S2/c1-14(2)5-11-4(8)12-6(13-5)15-7-9-3-10-16-7/h3H,1-2H3,(H2,8,11,12,13). The SMILES string of the molecule is CN(C)c1nc(N)nc(Sc2ncns2)n1. The normalized spacial score (nSPS) is 10.4. The van der Waals surface area contributed by atoms with Gasteiger partial charge in [-0.05, 0) is 23.3 Å². The fraction of sp³-hybridized carbons (Fsp3) is 0.286. The summed E-state index contributed by atoms with van der Waals surface area (Å²) in [5, 5.41) is 0.521. The number of hydrogen-bond donors (Lipinski definition) is 1. The summed E-state index contributed by atoms with van der Waals surface area (Å²) in [6.07, 6.45) is 1.49. The molecule has 0 aromatic carbocycles. The number of nitrogens with zero attached hydrogens (tertiary/aromatic N) is 6. The second-order valence-electron chi connectivity index (χ2n) is 2.98. The van der Waals surface area contributed by atoms with E-state index in [0.29, 0.717) is 11.1 Å². The molecule has 0 saturated heterocycles. The van der Waals surface area contributed by atoms with Crippen LogP contribution in [0.5, 0.6) is 0 Å². The van der Waals surface area contributed by atoms with Gasteiger partial charge in [-0.15, -0.1) is 0 Å². The smallest absolute Gasteiger partial charge is 0.230 e. The third-order valence-electron chi connectivity index (χ3n) is 1.54. The van der Waals surface area contributed by atoms with Gasteiger partial charge in [0.1, 0.15) is 6.33 Å². The first-order valence-corrected chi connectivity index (χ1v) is 5.87. The van der Waals surface area contributed by atoms with E-state index in [-0.39, 0.29) is 5.95 Å². The minimum atomic E-state index is 0.200. The average molecular weight is 255 g/mol. The van der Waals surface area contributed by atoms with E-state index in [2.05, 4.69) is 24.3 Å². The van der Waals surface area contributed by atoms with Crippen molar-refractivity contribution in [2.75, 3.05) is 24.7 Å². The van der Waals surface area contributed by atoms with Crippen LogP contribution < -0.4 is 10.6 Å². The molecule has 2 aromatic heterocycles. The first kappa shape index (κ1) is 11.0. The van der Waals surface area contributed by atoms with Gasteiger partial charge < -0.3 is 10.6 Å². The Morgan fingerprint density at radius 2 is 2.12 bits per heavy atom. The summed E-state index contributed by atoms with van der Waals surface area (Å²) in [7, 11) is 3.68. The molecule has 0 amide bonds. The second kappa shape index (κ2) is 4.58. The minimum Gasteiger partial charge on any atom is -0.368 e. The van der Waals surface area contributed by atoms with Gasteiger partial charge >= 0.3 is 0 Å². The third-order valence-corrected chi connectivity index (χ3v) is 3.12. The van der Waals surface area contributed by atoms with E-state index < -0.39 is 0 Å². The highest BCUT2D eigenvalue weighted by Crippen LogP contribution is 2.26. The van der Waals surface area contributed by atoms with E-state index in [4.69, 9.17) is 5.73 Å². The number of nitrogens with two attached hydrogens (primary N) is 1. The van der Waals surface area contributed by atoms with Crippen molar-refractivity contribution in [3.8, 4) is 0 Å². The first-order valence-electron chi connectivity index (χ1n) is 4.28. The zero-order valence-electron chi connectivity index (χ0n) is 8.65. The quantitative estimate of drug-likeness (QED) is 0.848. The summed E-state index contributed by atoms with van der Waals surface area (Å²) in [6.45, 7) is 0. The lowest BCUT2D eigenvalue weighted by Crippen LogP contribution is -2.14. The molecular formula is C7H9N7S2. The lowest BCUT2D eigenvalue weighted by Gasteiger charge is -2.10. The van der Waals surface area contributed by atoms with Crippen molar-refractivity contribution in [3.63, 3.8) is 0 Å². The molecule has 0 aliphatic carbocycles. The fourth-order valence-electron chi connectivity index (χ4n) is 0.893. The number of aromatic nitrogens is 5. The molecule has 7 nitrogen and oxygen atoms in total. The summed E-state index contributed by atoms with van der Waals surface area (Å²) >= 11 is 2.60. The Morgan fingerprint density at radius 3 is 2.75 bits per heavy atom. The Labute approximate surface area is 100 Å². The highest BCUT2D eigenvalue weighted by molar-refractivity contribution is 8.00. The molecule has 0 atom stereocenters. The van der Waals surface area contributed by atoms with Gasteiger partial charge in [0.25, 0.3) is 0 Å². The molecule has 84 valence electrons. The van der Waals surface area contributed by atoms with Crippen molar-refractivity contribution in [2.24, 2.45) is 0 Å². The maximum Gasteiger partial charge on any atom is 0.230 e. The van der Waals surface area contributed by atoms with Crippen molar-refractivity contribution >= 4 is 35.2 Å². The zero-order valence-corrected chi connectivity index (χ0v) is 10.3. The van der Waals surface area contributed by atoms with E-state index in [1.807, 2.05) is 14.1 Å². The molecule has 16 heavy (non-hydrogen) atoms. The number of anilines is 2. The maximum absolute atomic E-state index is 5.59. The van der Waals surface area contributed by atoms with Crippen LogP contribution in [-0.2, 0) is 0 Å². The Hall–Kier alpha value is -1.48. The van der Waals surface area contributed by atoms with Gasteiger partial charge in [0, 0.05) is 14.1 Å². The van der Waals surface area contributed by atoms with Crippen LogP contribution in [0.2, 0.25) is 0 Å². The summed E-state index contributed by atoms with van der Waals surface area (Å²) in [5.74, 6) is 0.727. The van der Waals surface area contributed by atoms with Gasteiger partial charge in [-0.2, -0.15) is 19.3 Å². The molecule has 2 aromatic rings. The third kappa shape index (κ3) is 2.55. The highest BCUT2D eigenvalue weighted by atomic mass is 32.2. The van der Waals surface area contributed by atoms with Crippen LogP contribution in [0.1, 0.15) is 0 Å². The van der Waals surface area contributed by atoms with Crippen LogP contribution in [0, 0.1) is 0 Å². The summed E-state index contributed by atoms with van der Waals surface area (Å²) in [4.78, 5) is 18.1. The van der Waals surface area contributed by atoms with E-state index in [1.165, 1.54) is 29.6 Å². The second-order valence-corrected chi connectivity index (χ2v) is 4.97. The van der Waals surface area contributed by atoms with Crippen LogP contribution in [0.25, 0.3) is 0 Å². The number of nitrogen functional groups attached to an aromatic ring is 1. The summed E-state index contributed by atoms with van der Waals surface area (Å²) in [6, 6.07) is 0. The molecule has 2 heterocycles. The van der Waals surface area contributed by atoms with Gasteiger partial charge in [0.2, 0.25) is 17.1 Å². The summed E-state index contributed by atoms with van der Waals surface area (Å²) < 4.78 is 4.67. The molecule has 9 heteroatoms. The topological polar surface area (TPSA) is 93.7 Å². The number of rotatable bonds is 3. The largest absolute Gasteiger partial charge is 0.368 e. The molecule has 0 aliphatic heterocycles. The van der Waals surface area contributed by atoms with Crippen LogP contribution in [0.4, 0.5) is 11.9 Å². The molecule has 0 saturated carbocycles. The van der Waals surface area contributed by atoms with E-state index in [1.54, 1.807) is 4.90 Å². The fourth-order valence-corrected chi connectivity index (χ4v) is 2.20. The first-order chi connectivity index (χ1) is 7.65. The van der Waals surface area contributed by atoms with E-state index >= 15 is 0 Å². The monoisotopic (exact) mass is 255 g/mol. The van der Waals surface area contributed by atoms with Gasteiger partial charge in [-0.3, -0.25) is 0 Å². The molecule has 0 bridgehead atoms. The van der Waals surface area contributed by atoms with Crippen molar-refractivity contribution in [2.45, 2.75) is 9.50 Å². The van der Waals surface area contributed by atoms with Crippen LogP contribution in [0.15, 0.2) is 15.8 Å². The Kier molecular flexibility index (Phi) is 3.15. The molecule has 2 rings (SSSR count). The minimum absolute atomic E-state index is 0.200. The van der Waals surface area contributed by atoms with Crippen molar-refractivity contribution in [1.29, 1.82) is 0 Å². The van der Waals surface area contributed by atoms with Crippen molar-refractivity contribution in [1.82, 2.24) is 24.3 Å². The van der Waals surface area contributed by atoms with Gasteiger partial charge in [0.15, 0.2) is 4.34 Å². The maximum atomic E-state index is 5.59. The molecule has 0 aliphatic rings. The van der Waals surface area contributed by atoms with Crippen molar-refractivity contribution in [3.05, 3.63) is 6.33 Å². The van der Waals surface area contributed by atoms with Crippen molar-refractivity contribution < 1.29 is 0 Å². The molecular weight excluding hydrogens is 246 g/mol. The molecule has 2 N–H and O–H groups in total. The Bertz CT molecular complexity index is 470. The lowest BCUT2D eigenvalue weighted by molar-refractivity contribution is 0.875. The predicted octanol–water partition coefficient (Wildman–Crippen LogP) is 0.523. The van der Waals surface area contributed by atoms with E-state index in [9.17, 15) is 0 Å². The predicted molar refractivity (Wildman–Crippen MR) is 62.6 cm³/mol. The van der Waals surface area contributed by atoms with Gasteiger partial charge in [-0.25, -0.2) is 4.98 Å². The van der Waals surface area contributed by atoms with Crippen LogP contribution in [0.3, 0.4) is 0 Å². The molecule has 0 radical (unpaired) electrons. The van der Waals surface area contributed by atoms with Gasteiger partial charge in [-0.1, -0.05) is 0 Å². The summed E-state index contributed by atoms with van der Waals surface area (Å²) in [5.41, 5.74) is 5.59. The highest BCUT2D eigenvalue weighted by Gasteiger charge is 2.09. The van der Waals surface area contributed by atoms with Gasteiger partial charge in [0.05, 0.1) is 0 Å². The Morgan fingerprint density at radius 1 is 1.31 bits per heavy atom. The molecule has 0 fully saturated rings.